The van der Waals surface area contributed by atoms with Crippen LogP contribution in [0.5, 0.6) is 5.75 Å². The Kier molecular flexibility index (Phi) is 8.18. The van der Waals surface area contributed by atoms with Crippen LogP contribution in [0.1, 0.15) is 57.9 Å². The van der Waals surface area contributed by atoms with Gasteiger partial charge in [-0.25, -0.2) is 4.79 Å². The van der Waals surface area contributed by atoms with Gasteiger partial charge in [-0.3, -0.25) is 4.79 Å². The number of hydrogen-bond acceptors (Lipinski definition) is 6. The van der Waals surface area contributed by atoms with Gasteiger partial charge in [-0.15, -0.1) is 0 Å². The third-order valence-corrected chi connectivity index (χ3v) is 6.40. The Labute approximate surface area is 192 Å². The molecule has 1 fully saturated rings. The highest BCUT2D eigenvalue weighted by Gasteiger charge is 2.24. The molecule has 1 aliphatic carbocycles. The zero-order valence-corrected chi connectivity index (χ0v) is 19.2. The predicted octanol–water partition coefficient (Wildman–Crippen LogP) is 3.23. The molecule has 3 rings (SSSR count). The standard InChI is InChI=1S/C24H30ClNO6/c1-3-4-5-17-10-22(27)32-20-12-21(19(25)11-18(17)20)31-14(2)23(28)26-13-15-6-8-16(9-7-15)24(29)30/h10-12,14-16H,3-9,13H2,1-2H3,(H,26,28)(H,29,30)/p-1/t14-,15?,16?/m1/s1. The summed E-state index contributed by atoms with van der Waals surface area (Å²) in [5, 5.41) is 14.9. The summed E-state index contributed by atoms with van der Waals surface area (Å²) in [4.78, 5) is 35.4. The number of carbonyl (C=O) groups excluding carboxylic acids is 2. The molecule has 0 radical (unpaired) electrons. The summed E-state index contributed by atoms with van der Waals surface area (Å²) >= 11 is 6.41. The summed E-state index contributed by atoms with van der Waals surface area (Å²) in [6.07, 6.45) is 4.52. The lowest BCUT2D eigenvalue weighted by atomic mass is 9.82. The average Bonchev–Trinajstić information content (AvgIpc) is 2.76. The van der Waals surface area contributed by atoms with E-state index in [1.54, 1.807) is 19.1 Å². The Morgan fingerprint density at radius 2 is 1.97 bits per heavy atom. The predicted molar refractivity (Wildman–Crippen MR) is 120 cm³/mol. The molecule has 0 bridgehead atoms. The molecule has 1 aromatic heterocycles. The summed E-state index contributed by atoms with van der Waals surface area (Å²) in [5.41, 5.74) is 0.821. The molecule has 1 saturated carbocycles. The second kappa shape index (κ2) is 10.9. The summed E-state index contributed by atoms with van der Waals surface area (Å²) in [5.74, 6) is -1.16. The van der Waals surface area contributed by atoms with E-state index in [1.165, 1.54) is 6.07 Å². The Bertz CT molecular complexity index is 1030. The Hall–Kier alpha value is -2.54. The fraction of sp³-hybridized carbons (Fsp3) is 0.542. The molecule has 0 spiro atoms. The average molecular weight is 463 g/mol. The van der Waals surface area contributed by atoms with Crippen molar-refractivity contribution in [3.05, 3.63) is 39.2 Å². The minimum Gasteiger partial charge on any atom is -0.550 e. The molecule has 32 heavy (non-hydrogen) atoms. The Morgan fingerprint density at radius 1 is 1.25 bits per heavy atom. The molecule has 1 aliphatic rings. The highest BCUT2D eigenvalue weighted by Crippen LogP contribution is 2.32. The highest BCUT2D eigenvalue weighted by atomic mass is 35.5. The number of ether oxygens (including phenoxy) is 1. The van der Waals surface area contributed by atoms with Crippen LogP contribution in [-0.2, 0) is 16.0 Å². The number of benzene rings is 1. The first kappa shape index (κ1) is 24.1. The van der Waals surface area contributed by atoms with E-state index in [4.69, 9.17) is 20.8 Å². The van der Waals surface area contributed by atoms with Gasteiger partial charge < -0.3 is 24.4 Å². The van der Waals surface area contributed by atoms with Crippen molar-refractivity contribution >= 4 is 34.4 Å². The summed E-state index contributed by atoms with van der Waals surface area (Å²) in [7, 11) is 0. The highest BCUT2D eigenvalue weighted by molar-refractivity contribution is 6.32. The van der Waals surface area contributed by atoms with Gasteiger partial charge in [0.15, 0.2) is 6.10 Å². The van der Waals surface area contributed by atoms with Gasteiger partial charge in [0.2, 0.25) is 0 Å². The molecule has 0 unspecified atom stereocenters. The number of carboxylic acid groups (broad SMARTS) is 1. The summed E-state index contributed by atoms with van der Waals surface area (Å²) < 4.78 is 11.1. The molecule has 1 N–H and O–H groups in total. The number of unbranched alkanes of at least 4 members (excludes halogenated alkanes) is 1. The van der Waals surface area contributed by atoms with E-state index in [-0.39, 0.29) is 23.5 Å². The molecule has 1 heterocycles. The minimum absolute atomic E-state index is 0.238. The number of aryl methyl sites for hydroxylation is 1. The van der Waals surface area contributed by atoms with Gasteiger partial charge in [0.25, 0.3) is 5.91 Å². The van der Waals surface area contributed by atoms with Gasteiger partial charge in [0, 0.05) is 30.0 Å². The number of carbonyl (C=O) groups is 2. The molecular weight excluding hydrogens is 434 g/mol. The van der Waals surface area contributed by atoms with Crippen LogP contribution in [0.4, 0.5) is 0 Å². The number of nitrogens with one attached hydrogen (secondary N) is 1. The van der Waals surface area contributed by atoms with Crippen molar-refractivity contribution in [1.82, 2.24) is 5.32 Å². The molecule has 1 aromatic carbocycles. The fourth-order valence-corrected chi connectivity index (χ4v) is 4.34. The number of rotatable bonds is 9. The third-order valence-electron chi connectivity index (χ3n) is 6.10. The number of halogens is 1. The van der Waals surface area contributed by atoms with Crippen LogP contribution in [0.15, 0.2) is 27.4 Å². The van der Waals surface area contributed by atoms with Crippen LogP contribution in [0.3, 0.4) is 0 Å². The van der Waals surface area contributed by atoms with Crippen molar-refractivity contribution in [1.29, 1.82) is 0 Å². The second-order valence-corrected chi connectivity index (χ2v) is 8.92. The van der Waals surface area contributed by atoms with E-state index in [0.717, 1.165) is 43.1 Å². The number of fused-ring (bicyclic) bond motifs is 1. The van der Waals surface area contributed by atoms with Gasteiger partial charge >= 0.3 is 5.63 Å². The molecular formula is C24H29ClNO6-. The zero-order valence-electron chi connectivity index (χ0n) is 18.4. The number of amides is 1. The SMILES string of the molecule is CCCCc1cc(=O)oc2cc(O[C@H](C)C(=O)NCC3CCC(C(=O)[O-])CC3)c(Cl)cc12. The lowest BCUT2D eigenvalue weighted by Gasteiger charge is -2.29. The summed E-state index contributed by atoms with van der Waals surface area (Å²) in [6.45, 7) is 4.17. The topological polar surface area (TPSA) is 109 Å². The van der Waals surface area contributed by atoms with Crippen LogP contribution in [-0.4, -0.2) is 24.5 Å². The van der Waals surface area contributed by atoms with Crippen LogP contribution >= 0.6 is 11.6 Å². The van der Waals surface area contributed by atoms with Gasteiger partial charge in [0.1, 0.15) is 11.3 Å². The maximum absolute atomic E-state index is 12.5. The van der Waals surface area contributed by atoms with E-state index >= 15 is 0 Å². The number of carboxylic acids is 1. The molecule has 0 aliphatic heterocycles. The number of aliphatic carboxylic acids is 1. The van der Waals surface area contributed by atoms with E-state index < -0.39 is 17.7 Å². The summed E-state index contributed by atoms with van der Waals surface area (Å²) in [6, 6.07) is 4.76. The first-order valence-electron chi connectivity index (χ1n) is 11.2. The molecule has 1 atom stereocenters. The van der Waals surface area contributed by atoms with Crippen molar-refractivity contribution in [2.45, 2.75) is 64.9 Å². The lowest BCUT2D eigenvalue weighted by Crippen LogP contribution is -2.40. The fourth-order valence-electron chi connectivity index (χ4n) is 4.13. The first-order chi connectivity index (χ1) is 15.3. The monoisotopic (exact) mass is 462 g/mol. The van der Waals surface area contributed by atoms with Gasteiger partial charge in [-0.1, -0.05) is 24.9 Å². The minimum atomic E-state index is -0.991. The van der Waals surface area contributed by atoms with Crippen molar-refractivity contribution in [2.24, 2.45) is 11.8 Å². The molecule has 174 valence electrons. The van der Waals surface area contributed by atoms with Gasteiger partial charge in [-0.2, -0.15) is 0 Å². The molecule has 8 heteroatoms. The van der Waals surface area contributed by atoms with E-state index in [9.17, 15) is 19.5 Å². The Morgan fingerprint density at radius 3 is 2.62 bits per heavy atom. The van der Waals surface area contributed by atoms with Crippen LogP contribution in [0.25, 0.3) is 11.0 Å². The van der Waals surface area contributed by atoms with Crippen molar-refractivity contribution < 1.29 is 23.8 Å². The van der Waals surface area contributed by atoms with E-state index in [0.29, 0.717) is 30.0 Å². The third kappa shape index (κ3) is 6.03. The van der Waals surface area contributed by atoms with Gasteiger partial charge in [-0.05, 0) is 68.9 Å². The van der Waals surface area contributed by atoms with Crippen molar-refractivity contribution in [2.75, 3.05) is 6.54 Å². The van der Waals surface area contributed by atoms with Crippen molar-refractivity contribution in [3.63, 3.8) is 0 Å². The van der Waals surface area contributed by atoms with Crippen LogP contribution in [0, 0.1) is 11.8 Å². The second-order valence-electron chi connectivity index (χ2n) is 8.51. The normalized spacial score (nSPS) is 19.5. The van der Waals surface area contributed by atoms with Crippen molar-refractivity contribution in [3.8, 4) is 5.75 Å². The van der Waals surface area contributed by atoms with E-state index in [1.807, 2.05) is 0 Å². The largest absolute Gasteiger partial charge is 0.550 e. The molecule has 0 saturated heterocycles. The van der Waals surface area contributed by atoms with E-state index in [2.05, 4.69) is 12.2 Å². The molecule has 1 amide bonds. The smallest absolute Gasteiger partial charge is 0.336 e. The zero-order chi connectivity index (χ0) is 23.3. The van der Waals surface area contributed by atoms with Gasteiger partial charge in [0.05, 0.1) is 5.02 Å². The quantitative estimate of drug-likeness (QED) is 0.573. The maximum Gasteiger partial charge on any atom is 0.336 e. The first-order valence-corrected chi connectivity index (χ1v) is 11.6. The molecule has 7 nitrogen and oxygen atoms in total. The van der Waals surface area contributed by atoms with Crippen LogP contribution < -0.4 is 20.8 Å². The molecule has 2 aromatic rings. The maximum atomic E-state index is 12.5. The lowest BCUT2D eigenvalue weighted by molar-refractivity contribution is -0.312. The van der Waals surface area contributed by atoms with Crippen LogP contribution in [0.2, 0.25) is 5.02 Å². The number of hydrogen-bond donors (Lipinski definition) is 1. The Balaban J connectivity index is 1.62.